The van der Waals surface area contributed by atoms with Crippen molar-refractivity contribution >= 4 is 23.5 Å². The number of piperidine rings is 1. The molecule has 3 N–H and O–H groups in total. The molecule has 0 amide bonds. The van der Waals surface area contributed by atoms with Crippen molar-refractivity contribution in [3.63, 3.8) is 0 Å². The maximum absolute atomic E-state index is 6.05. The standard InChI is InChI=1S/C20H29ClN6O2/c1-13-10-27(16(12-29-13)9-14-3-5-15(21)6-4-14)17-7-8-26(11-18(17)28-2)20-23-19(22)24-25-20/h3-6,13,16-18H,7-12H2,1-2H3,(H3,22,23,24,25)/t13-,16-,17+,18+/m0/s1. The van der Waals surface area contributed by atoms with Crippen molar-refractivity contribution in [2.24, 2.45) is 0 Å². The Morgan fingerprint density at radius 1 is 1.31 bits per heavy atom. The predicted octanol–water partition coefficient (Wildman–Crippen LogP) is 1.97. The molecule has 0 unspecified atom stereocenters. The van der Waals surface area contributed by atoms with Crippen LogP contribution in [0.25, 0.3) is 0 Å². The van der Waals surface area contributed by atoms with Gasteiger partial charge < -0.3 is 20.1 Å². The molecule has 1 aromatic heterocycles. The summed E-state index contributed by atoms with van der Waals surface area (Å²) in [5.41, 5.74) is 6.96. The van der Waals surface area contributed by atoms with Gasteiger partial charge in [-0.1, -0.05) is 23.7 Å². The Morgan fingerprint density at radius 2 is 2.10 bits per heavy atom. The Balaban J connectivity index is 1.49. The molecule has 2 aromatic rings. The molecule has 0 saturated carbocycles. The summed E-state index contributed by atoms with van der Waals surface area (Å²) >= 11 is 6.05. The van der Waals surface area contributed by atoms with Crippen LogP contribution in [-0.4, -0.2) is 77.7 Å². The summed E-state index contributed by atoms with van der Waals surface area (Å²) < 4.78 is 11.9. The van der Waals surface area contributed by atoms with Gasteiger partial charge in [-0.25, -0.2) is 5.10 Å². The van der Waals surface area contributed by atoms with Crippen LogP contribution in [0.1, 0.15) is 18.9 Å². The lowest BCUT2D eigenvalue weighted by Gasteiger charge is -2.48. The topological polar surface area (TPSA) is 92.5 Å². The van der Waals surface area contributed by atoms with E-state index in [0.29, 0.717) is 24.0 Å². The zero-order valence-corrected chi connectivity index (χ0v) is 17.7. The molecule has 0 radical (unpaired) electrons. The first-order valence-electron chi connectivity index (χ1n) is 10.1. The van der Waals surface area contributed by atoms with E-state index in [4.69, 9.17) is 26.8 Å². The highest BCUT2D eigenvalue weighted by Crippen LogP contribution is 2.28. The van der Waals surface area contributed by atoms with Gasteiger partial charge in [-0.05, 0) is 37.5 Å². The summed E-state index contributed by atoms with van der Waals surface area (Å²) in [7, 11) is 1.78. The number of hydrogen-bond donors (Lipinski definition) is 2. The van der Waals surface area contributed by atoms with E-state index in [9.17, 15) is 0 Å². The SMILES string of the molecule is CO[C@@H]1CN(c2n[nH]c(N)n2)CC[C@H]1N1C[C@H](C)OC[C@@H]1Cc1ccc(Cl)cc1. The fourth-order valence-corrected chi connectivity index (χ4v) is 4.57. The van der Waals surface area contributed by atoms with E-state index >= 15 is 0 Å². The van der Waals surface area contributed by atoms with Crippen LogP contribution in [0.2, 0.25) is 5.02 Å². The lowest BCUT2D eigenvalue weighted by Crippen LogP contribution is -2.62. The van der Waals surface area contributed by atoms with Crippen molar-refractivity contribution < 1.29 is 9.47 Å². The van der Waals surface area contributed by atoms with Crippen LogP contribution in [0.3, 0.4) is 0 Å². The zero-order valence-electron chi connectivity index (χ0n) is 16.9. The minimum absolute atomic E-state index is 0.0569. The Bertz CT molecular complexity index is 801. The highest BCUT2D eigenvalue weighted by molar-refractivity contribution is 6.30. The second kappa shape index (κ2) is 8.87. The molecule has 8 nitrogen and oxygen atoms in total. The van der Waals surface area contributed by atoms with Gasteiger partial charge in [0, 0.05) is 43.9 Å². The molecule has 9 heteroatoms. The van der Waals surface area contributed by atoms with Crippen LogP contribution in [0.5, 0.6) is 0 Å². The van der Waals surface area contributed by atoms with Crippen molar-refractivity contribution in [3.8, 4) is 0 Å². The fourth-order valence-electron chi connectivity index (χ4n) is 4.45. The smallest absolute Gasteiger partial charge is 0.246 e. The number of nitrogen functional groups attached to an aromatic ring is 1. The normalized spacial score (nSPS) is 28.6. The van der Waals surface area contributed by atoms with Crippen molar-refractivity contribution in [1.29, 1.82) is 0 Å². The molecular formula is C20H29ClN6O2. The summed E-state index contributed by atoms with van der Waals surface area (Å²) in [6.45, 7) is 5.35. The van der Waals surface area contributed by atoms with E-state index < -0.39 is 0 Å². The largest absolute Gasteiger partial charge is 0.378 e. The Hall–Kier alpha value is -1.87. The number of methoxy groups -OCH3 is 1. The van der Waals surface area contributed by atoms with Crippen molar-refractivity contribution in [3.05, 3.63) is 34.9 Å². The molecule has 0 spiro atoms. The van der Waals surface area contributed by atoms with Crippen LogP contribution in [-0.2, 0) is 15.9 Å². The number of benzene rings is 1. The van der Waals surface area contributed by atoms with E-state index in [1.54, 1.807) is 7.11 Å². The van der Waals surface area contributed by atoms with Crippen LogP contribution >= 0.6 is 11.6 Å². The minimum Gasteiger partial charge on any atom is -0.378 e. The van der Waals surface area contributed by atoms with Gasteiger partial charge in [-0.2, -0.15) is 4.98 Å². The number of hydrogen-bond acceptors (Lipinski definition) is 7. The highest BCUT2D eigenvalue weighted by Gasteiger charge is 2.40. The van der Waals surface area contributed by atoms with Crippen molar-refractivity contribution in [2.75, 3.05) is 44.0 Å². The maximum atomic E-state index is 6.05. The number of nitrogens with one attached hydrogen (secondary N) is 1. The number of ether oxygens (including phenoxy) is 2. The first-order chi connectivity index (χ1) is 14.0. The van der Waals surface area contributed by atoms with Crippen molar-refractivity contribution in [1.82, 2.24) is 20.1 Å². The number of nitrogens with zero attached hydrogens (tertiary/aromatic N) is 4. The molecule has 0 aliphatic carbocycles. The molecule has 1 aromatic carbocycles. The minimum atomic E-state index is 0.0569. The van der Waals surface area contributed by atoms with Crippen LogP contribution < -0.4 is 10.6 Å². The number of halogens is 1. The fraction of sp³-hybridized carbons (Fsp3) is 0.600. The third kappa shape index (κ3) is 4.66. The molecule has 0 bridgehead atoms. The van der Waals surface area contributed by atoms with Gasteiger partial charge >= 0.3 is 0 Å². The second-order valence-corrected chi connectivity index (χ2v) is 8.36. The van der Waals surface area contributed by atoms with E-state index in [1.165, 1.54) is 5.56 Å². The first kappa shape index (κ1) is 20.4. The lowest BCUT2D eigenvalue weighted by atomic mass is 9.94. The highest BCUT2D eigenvalue weighted by atomic mass is 35.5. The molecule has 2 aliphatic rings. The third-order valence-corrected chi connectivity index (χ3v) is 6.17. The molecule has 4 atom stereocenters. The maximum Gasteiger partial charge on any atom is 0.246 e. The number of anilines is 2. The summed E-state index contributed by atoms with van der Waals surface area (Å²) in [6, 6.07) is 8.72. The van der Waals surface area contributed by atoms with E-state index in [1.807, 2.05) is 12.1 Å². The quantitative estimate of drug-likeness (QED) is 0.763. The summed E-state index contributed by atoms with van der Waals surface area (Å²) in [5.74, 6) is 0.970. The van der Waals surface area contributed by atoms with Gasteiger partial charge in [-0.3, -0.25) is 4.90 Å². The van der Waals surface area contributed by atoms with Crippen LogP contribution in [0.15, 0.2) is 24.3 Å². The molecule has 3 heterocycles. The van der Waals surface area contributed by atoms with Crippen LogP contribution in [0.4, 0.5) is 11.9 Å². The summed E-state index contributed by atoms with van der Waals surface area (Å²) in [4.78, 5) is 8.99. The number of morpholine rings is 1. The Kier molecular flexibility index (Phi) is 6.24. The number of nitrogens with two attached hydrogens (primary N) is 1. The predicted molar refractivity (Wildman–Crippen MR) is 113 cm³/mol. The van der Waals surface area contributed by atoms with Gasteiger partial charge in [0.15, 0.2) is 0 Å². The molecule has 2 fully saturated rings. The molecule has 2 aliphatic heterocycles. The van der Waals surface area contributed by atoms with Crippen LogP contribution in [0, 0.1) is 0 Å². The molecule has 2 saturated heterocycles. The third-order valence-electron chi connectivity index (χ3n) is 5.92. The molecular weight excluding hydrogens is 392 g/mol. The lowest BCUT2D eigenvalue weighted by molar-refractivity contribution is -0.101. The van der Waals surface area contributed by atoms with Gasteiger partial charge in [-0.15, -0.1) is 5.10 Å². The zero-order chi connectivity index (χ0) is 20.4. The number of rotatable bonds is 5. The van der Waals surface area contributed by atoms with Crippen molar-refractivity contribution in [2.45, 2.75) is 44.1 Å². The Labute approximate surface area is 176 Å². The summed E-state index contributed by atoms with van der Waals surface area (Å²) in [5, 5.41) is 7.68. The van der Waals surface area contributed by atoms with E-state index in [0.717, 1.165) is 44.1 Å². The van der Waals surface area contributed by atoms with E-state index in [-0.39, 0.29) is 12.2 Å². The van der Waals surface area contributed by atoms with Gasteiger partial charge in [0.2, 0.25) is 11.9 Å². The Morgan fingerprint density at radius 3 is 2.79 bits per heavy atom. The first-order valence-corrected chi connectivity index (χ1v) is 10.5. The summed E-state index contributed by atoms with van der Waals surface area (Å²) in [6.07, 6.45) is 2.16. The molecule has 158 valence electrons. The number of aromatic nitrogens is 3. The number of H-pyrrole nitrogens is 1. The molecule has 4 rings (SSSR count). The van der Waals surface area contributed by atoms with E-state index in [2.05, 4.69) is 44.0 Å². The molecule has 29 heavy (non-hydrogen) atoms. The van der Waals surface area contributed by atoms with Gasteiger partial charge in [0.25, 0.3) is 0 Å². The monoisotopic (exact) mass is 420 g/mol. The van der Waals surface area contributed by atoms with Gasteiger partial charge in [0.1, 0.15) is 0 Å². The number of aromatic amines is 1. The average molecular weight is 421 g/mol. The second-order valence-electron chi connectivity index (χ2n) is 7.92. The average Bonchev–Trinajstić information content (AvgIpc) is 3.17. The van der Waals surface area contributed by atoms with Gasteiger partial charge in [0.05, 0.1) is 18.8 Å².